The van der Waals surface area contributed by atoms with Crippen molar-refractivity contribution in [2.45, 2.75) is 52.0 Å². The van der Waals surface area contributed by atoms with Crippen LogP contribution in [0.15, 0.2) is 60.8 Å². The number of para-hydroxylation sites is 1. The third-order valence-corrected chi connectivity index (χ3v) is 6.48. The molecule has 0 aliphatic heterocycles. The number of carbonyl (C=O) groups is 2. The first-order valence-corrected chi connectivity index (χ1v) is 12.5. The van der Waals surface area contributed by atoms with Crippen LogP contribution in [-0.4, -0.2) is 34.3 Å². The average Bonchev–Trinajstić information content (AvgIpc) is 3.35. The molecule has 1 aliphatic carbocycles. The van der Waals surface area contributed by atoms with Gasteiger partial charge in [-0.1, -0.05) is 45.2 Å². The second-order valence-corrected chi connectivity index (χ2v) is 9.67. The minimum atomic E-state index is -1.04. The highest BCUT2D eigenvalue weighted by Crippen LogP contribution is 2.35. The van der Waals surface area contributed by atoms with Gasteiger partial charge >= 0.3 is 12.0 Å². The second kappa shape index (κ2) is 11.3. The monoisotopic (exact) mass is 492 g/mol. The minimum absolute atomic E-state index is 0.0811. The molecule has 2 amide bonds. The van der Waals surface area contributed by atoms with Gasteiger partial charge in [-0.25, -0.2) is 14.0 Å². The Balaban J connectivity index is 1.73. The fourth-order valence-corrected chi connectivity index (χ4v) is 4.87. The Morgan fingerprint density at radius 3 is 2.44 bits per heavy atom. The lowest BCUT2D eigenvalue weighted by Gasteiger charge is -2.38. The van der Waals surface area contributed by atoms with E-state index in [1.807, 2.05) is 12.1 Å². The number of nitrogens with one attached hydrogen (secondary N) is 2. The number of nitrogens with zero attached hydrogens (tertiary/aromatic N) is 2. The number of benzene rings is 2. The van der Waals surface area contributed by atoms with Crippen molar-refractivity contribution in [3.05, 3.63) is 72.3 Å². The summed E-state index contributed by atoms with van der Waals surface area (Å²) >= 11 is 0. The van der Waals surface area contributed by atoms with Crippen molar-refractivity contribution in [2.24, 2.45) is 5.92 Å². The fraction of sp³-hybridized carbons (Fsp3) is 0.357. The third kappa shape index (κ3) is 5.87. The van der Waals surface area contributed by atoms with Crippen LogP contribution in [0.1, 0.15) is 56.4 Å². The summed E-state index contributed by atoms with van der Waals surface area (Å²) < 4.78 is 15.7. The third-order valence-electron chi connectivity index (χ3n) is 6.48. The van der Waals surface area contributed by atoms with E-state index in [4.69, 9.17) is 0 Å². The van der Waals surface area contributed by atoms with E-state index in [9.17, 15) is 19.1 Å². The zero-order chi connectivity index (χ0) is 25.7. The Bertz CT molecular complexity index is 1220. The molecule has 0 saturated heterocycles. The van der Waals surface area contributed by atoms with Gasteiger partial charge in [-0.15, -0.1) is 0 Å². The van der Waals surface area contributed by atoms with Crippen LogP contribution in [0.3, 0.4) is 0 Å². The van der Waals surface area contributed by atoms with Crippen LogP contribution in [0.5, 0.6) is 0 Å². The number of aromatic nitrogens is 1. The quantitative estimate of drug-likeness (QED) is 0.324. The summed E-state index contributed by atoms with van der Waals surface area (Å²) in [7, 11) is 0. The molecule has 3 N–H and O–H groups in total. The van der Waals surface area contributed by atoms with Crippen molar-refractivity contribution in [3.63, 3.8) is 0 Å². The van der Waals surface area contributed by atoms with Gasteiger partial charge in [-0.05, 0) is 61.2 Å². The van der Waals surface area contributed by atoms with Crippen molar-refractivity contribution in [2.75, 3.05) is 22.1 Å². The lowest BCUT2D eigenvalue weighted by atomic mass is 9.93. The first-order valence-electron chi connectivity index (χ1n) is 12.5. The van der Waals surface area contributed by atoms with Crippen LogP contribution >= 0.6 is 0 Å². The molecule has 0 atom stereocenters. The molecule has 7 nitrogen and oxygen atoms in total. The van der Waals surface area contributed by atoms with E-state index in [1.165, 1.54) is 37.5 Å². The Kier molecular flexibility index (Phi) is 7.93. The number of carboxylic acid groups (broad SMARTS) is 1. The van der Waals surface area contributed by atoms with Gasteiger partial charge in [0.2, 0.25) is 0 Å². The van der Waals surface area contributed by atoms with Crippen LogP contribution in [0.25, 0.3) is 5.69 Å². The molecule has 0 unspecified atom stereocenters. The second-order valence-electron chi connectivity index (χ2n) is 9.67. The lowest BCUT2D eigenvalue weighted by Crippen LogP contribution is -2.40. The molecule has 3 aromatic rings. The summed E-state index contributed by atoms with van der Waals surface area (Å²) in [5.41, 5.74) is 2.22. The Hall–Kier alpha value is -3.81. The van der Waals surface area contributed by atoms with Crippen LogP contribution < -0.4 is 15.5 Å². The predicted octanol–water partition coefficient (Wildman–Crippen LogP) is 6.75. The summed E-state index contributed by atoms with van der Waals surface area (Å²) in [5.74, 6) is -1.17. The molecule has 0 spiro atoms. The van der Waals surface area contributed by atoms with Crippen molar-refractivity contribution in [1.82, 2.24) is 4.57 Å². The number of urea groups is 1. The molecule has 1 saturated carbocycles. The Morgan fingerprint density at radius 2 is 1.75 bits per heavy atom. The summed E-state index contributed by atoms with van der Waals surface area (Å²) in [6.45, 7) is 5.15. The zero-order valence-corrected chi connectivity index (χ0v) is 20.7. The number of carboxylic acids is 1. The molecular weight excluding hydrogens is 459 g/mol. The van der Waals surface area contributed by atoms with E-state index in [-0.39, 0.29) is 11.4 Å². The molecule has 1 heterocycles. The van der Waals surface area contributed by atoms with Gasteiger partial charge in [-0.3, -0.25) is 0 Å². The van der Waals surface area contributed by atoms with Gasteiger partial charge < -0.3 is 25.2 Å². The van der Waals surface area contributed by atoms with Gasteiger partial charge in [0.05, 0.1) is 17.1 Å². The highest BCUT2D eigenvalue weighted by Gasteiger charge is 2.25. The predicted molar refractivity (Wildman–Crippen MR) is 141 cm³/mol. The van der Waals surface area contributed by atoms with Gasteiger partial charge in [0.15, 0.2) is 0 Å². The number of hydrogen-bond acceptors (Lipinski definition) is 3. The first-order chi connectivity index (χ1) is 17.3. The number of carbonyl (C=O) groups excluding carboxylic acids is 1. The molecule has 0 radical (unpaired) electrons. The molecule has 2 aromatic carbocycles. The molecule has 4 rings (SSSR count). The maximum Gasteiger partial charge on any atom is 0.352 e. The van der Waals surface area contributed by atoms with Crippen LogP contribution in [0, 0.1) is 11.7 Å². The molecule has 36 heavy (non-hydrogen) atoms. The summed E-state index contributed by atoms with van der Waals surface area (Å²) in [5, 5.41) is 15.1. The van der Waals surface area contributed by atoms with E-state index in [0.29, 0.717) is 23.3 Å². The molecule has 1 aromatic heterocycles. The van der Waals surface area contributed by atoms with Crippen molar-refractivity contribution >= 4 is 29.1 Å². The van der Waals surface area contributed by atoms with Crippen LogP contribution in [0.4, 0.5) is 26.2 Å². The SMILES string of the molecule is CC(C)CN(c1ccc(-n2cccc2C(=O)O)cc1NC(=O)Nc1ccccc1F)C1CCCCC1. The smallest absolute Gasteiger partial charge is 0.352 e. The molecule has 190 valence electrons. The van der Waals surface area contributed by atoms with E-state index in [0.717, 1.165) is 25.1 Å². The van der Waals surface area contributed by atoms with Gasteiger partial charge in [-0.2, -0.15) is 0 Å². The Morgan fingerprint density at radius 1 is 1.03 bits per heavy atom. The number of aromatic carboxylic acids is 1. The summed E-state index contributed by atoms with van der Waals surface area (Å²) in [6, 6.07) is 14.6. The summed E-state index contributed by atoms with van der Waals surface area (Å²) in [4.78, 5) is 27.0. The molecule has 1 aliphatic rings. The first kappa shape index (κ1) is 25.3. The van der Waals surface area contributed by atoms with Gasteiger partial charge in [0.1, 0.15) is 11.5 Å². The van der Waals surface area contributed by atoms with E-state index < -0.39 is 17.8 Å². The van der Waals surface area contributed by atoms with Crippen molar-refractivity contribution < 1.29 is 19.1 Å². The van der Waals surface area contributed by atoms with Crippen molar-refractivity contribution in [1.29, 1.82) is 0 Å². The average molecular weight is 493 g/mol. The maximum absolute atomic E-state index is 14.1. The highest BCUT2D eigenvalue weighted by molar-refractivity contribution is 6.02. The standard InChI is InChI=1S/C28H33FN4O3/c1-19(2)18-33(20-9-4-3-5-10-20)25-15-14-21(32-16-8-13-26(32)27(34)35)17-24(25)31-28(36)30-23-12-7-6-11-22(23)29/h6-8,11-17,19-20H,3-5,9-10,18H2,1-2H3,(H,34,35)(H2,30,31,36). The molecule has 8 heteroatoms. The molecular formula is C28H33FN4O3. The number of anilines is 3. The normalized spacial score (nSPS) is 14.0. The molecule has 0 bridgehead atoms. The van der Waals surface area contributed by atoms with Crippen molar-refractivity contribution in [3.8, 4) is 5.69 Å². The number of amides is 2. The fourth-order valence-electron chi connectivity index (χ4n) is 4.87. The largest absolute Gasteiger partial charge is 0.477 e. The number of hydrogen-bond donors (Lipinski definition) is 3. The minimum Gasteiger partial charge on any atom is -0.477 e. The van der Waals surface area contributed by atoms with Crippen LogP contribution in [0.2, 0.25) is 0 Å². The maximum atomic E-state index is 14.1. The molecule has 1 fully saturated rings. The lowest BCUT2D eigenvalue weighted by molar-refractivity contribution is 0.0688. The summed E-state index contributed by atoms with van der Waals surface area (Å²) in [6.07, 6.45) is 7.39. The van der Waals surface area contributed by atoms with Crippen LogP contribution in [-0.2, 0) is 0 Å². The topological polar surface area (TPSA) is 86.6 Å². The zero-order valence-electron chi connectivity index (χ0n) is 20.7. The number of halogens is 1. The number of rotatable bonds is 8. The highest BCUT2D eigenvalue weighted by atomic mass is 19.1. The van der Waals surface area contributed by atoms with E-state index in [1.54, 1.807) is 35.0 Å². The van der Waals surface area contributed by atoms with E-state index in [2.05, 4.69) is 29.4 Å². The van der Waals surface area contributed by atoms with Gasteiger partial charge in [0.25, 0.3) is 0 Å². The van der Waals surface area contributed by atoms with Gasteiger partial charge in [0, 0.05) is 24.5 Å². The Labute approximate surface area is 210 Å². The van der Waals surface area contributed by atoms with E-state index >= 15 is 0 Å².